The van der Waals surface area contributed by atoms with Crippen molar-refractivity contribution in [3.8, 4) is 0 Å². The molecule has 1 amide bonds. The van der Waals surface area contributed by atoms with Crippen molar-refractivity contribution in [2.24, 2.45) is 0 Å². The number of anilines is 1. The van der Waals surface area contributed by atoms with Crippen LogP contribution in [0.15, 0.2) is 54.6 Å². The molecule has 0 atom stereocenters. The minimum absolute atomic E-state index is 0.0248. The Morgan fingerprint density at radius 1 is 0.846 bits per heavy atom. The van der Waals surface area contributed by atoms with E-state index in [2.05, 4.69) is 5.32 Å². The zero-order chi connectivity index (χ0) is 18.9. The Hall–Kier alpha value is -3.28. The summed E-state index contributed by atoms with van der Waals surface area (Å²) < 4.78 is 4.87. The molecule has 0 spiro atoms. The molecule has 0 radical (unpaired) electrons. The minimum Gasteiger partial charge on any atom is -0.456 e. The van der Waals surface area contributed by atoms with Crippen molar-refractivity contribution in [2.75, 3.05) is 11.9 Å². The first-order valence-corrected chi connectivity index (χ1v) is 8.10. The van der Waals surface area contributed by atoms with Crippen molar-refractivity contribution in [2.45, 2.75) is 19.8 Å². The average Bonchev–Trinajstić information content (AvgIpc) is 2.65. The number of esters is 1. The topological polar surface area (TPSA) is 89.5 Å². The highest BCUT2D eigenvalue weighted by Gasteiger charge is 2.12. The number of ketones is 2. The molecule has 6 heteroatoms. The van der Waals surface area contributed by atoms with Gasteiger partial charge in [-0.25, -0.2) is 0 Å². The molecular formula is C20H19NO5. The molecule has 0 saturated heterocycles. The number of Topliss-reactive ketones (excluding diaryl/α,β-unsaturated/α-hetero) is 2. The van der Waals surface area contributed by atoms with E-state index in [0.717, 1.165) is 0 Å². The van der Waals surface area contributed by atoms with E-state index in [9.17, 15) is 19.2 Å². The Labute approximate surface area is 151 Å². The molecule has 0 heterocycles. The van der Waals surface area contributed by atoms with E-state index in [-0.39, 0.29) is 24.4 Å². The van der Waals surface area contributed by atoms with Crippen LogP contribution in [0.5, 0.6) is 0 Å². The van der Waals surface area contributed by atoms with Crippen LogP contribution in [0.3, 0.4) is 0 Å². The summed E-state index contributed by atoms with van der Waals surface area (Å²) in [6, 6.07) is 15.0. The van der Waals surface area contributed by atoms with Gasteiger partial charge in [0.15, 0.2) is 18.2 Å². The number of benzene rings is 2. The van der Waals surface area contributed by atoms with E-state index < -0.39 is 18.5 Å². The lowest BCUT2D eigenvalue weighted by Gasteiger charge is -2.07. The van der Waals surface area contributed by atoms with Gasteiger partial charge in [0, 0.05) is 23.2 Å². The van der Waals surface area contributed by atoms with Crippen LogP contribution in [0.4, 0.5) is 5.69 Å². The summed E-state index contributed by atoms with van der Waals surface area (Å²) in [4.78, 5) is 46.5. The van der Waals surface area contributed by atoms with E-state index >= 15 is 0 Å². The third kappa shape index (κ3) is 5.98. The summed E-state index contributed by atoms with van der Waals surface area (Å²) >= 11 is 0. The van der Waals surface area contributed by atoms with Crippen LogP contribution in [-0.2, 0) is 14.3 Å². The van der Waals surface area contributed by atoms with Crippen LogP contribution in [0.1, 0.15) is 40.5 Å². The zero-order valence-electron chi connectivity index (χ0n) is 14.4. The second-order valence-corrected chi connectivity index (χ2v) is 5.63. The van der Waals surface area contributed by atoms with Crippen molar-refractivity contribution in [1.29, 1.82) is 0 Å². The Morgan fingerprint density at radius 3 is 2.12 bits per heavy atom. The fraction of sp³-hybridized carbons (Fsp3) is 0.200. The average molecular weight is 353 g/mol. The third-order valence-electron chi connectivity index (χ3n) is 3.59. The van der Waals surface area contributed by atoms with Gasteiger partial charge in [-0.05, 0) is 31.2 Å². The number of hydrogen-bond acceptors (Lipinski definition) is 5. The molecule has 26 heavy (non-hydrogen) atoms. The molecular weight excluding hydrogens is 334 g/mol. The maximum absolute atomic E-state index is 11.9. The van der Waals surface area contributed by atoms with Crippen molar-refractivity contribution in [3.63, 3.8) is 0 Å². The largest absolute Gasteiger partial charge is 0.456 e. The molecule has 0 unspecified atom stereocenters. The van der Waals surface area contributed by atoms with Gasteiger partial charge in [-0.1, -0.05) is 30.3 Å². The van der Waals surface area contributed by atoms with Crippen molar-refractivity contribution < 1.29 is 23.9 Å². The molecule has 134 valence electrons. The van der Waals surface area contributed by atoms with Crippen molar-refractivity contribution in [3.05, 3.63) is 65.7 Å². The number of nitrogens with one attached hydrogen (secondary N) is 1. The number of carbonyl (C=O) groups is 4. The SMILES string of the molecule is CC(=O)c1ccc(NC(=O)COC(=O)CCC(=O)c2ccccc2)cc1. The van der Waals surface area contributed by atoms with Crippen LogP contribution >= 0.6 is 0 Å². The molecule has 1 N–H and O–H groups in total. The first-order valence-electron chi connectivity index (χ1n) is 8.10. The molecule has 0 aliphatic carbocycles. The molecule has 6 nitrogen and oxygen atoms in total. The molecule has 2 rings (SSSR count). The molecule has 2 aromatic rings. The van der Waals surface area contributed by atoms with E-state index in [1.807, 2.05) is 0 Å². The fourth-order valence-corrected chi connectivity index (χ4v) is 2.19. The second kappa shape index (κ2) is 9.27. The van der Waals surface area contributed by atoms with Gasteiger partial charge >= 0.3 is 5.97 Å². The normalized spacial score (nSPS) is 10.0. The van der Waals surface area contributed by atoms with Gasteiger partial charge in [-0.2, -0.15) is 0 Å². The van der Waals surface area contributed by atoms with E-state index in [0.29, 0.717) is 16.8 Å². The predicted octanol–water partition coefficient (Wildman–Crippen LogP) is 3.03. The number of carbonyl (C=O) groups excluding carboxylic acids is 4. The Morgan fingerprint density at radius 2 is 1.50 bits per heavy atom. The number of rotatable bonds is 8. The second-order valence-electron chi connectivity index (χ2n) is 5.63. The molecule has 0 bridgehead atoms. The summed E-state index contributed by atoms with van der Waals surface area (Å²) in [5.41, 5.74) is 1.57. The number of hydrogen-bond donors (Lipinski definition) is 1. The summed E-state index contributed by atoms with van der Waals surface area (Å²) in [6.45, 7) is 1.02. The zero-order valence-corrected chi connectivity index (χ0v) is 14.4. The Kier molecular flexibility index (Phi) is 6.79. The summed E-state index contributed by atoms with van der Waals surface area (Å²) in [5.74, 6) is -1.33. The van der Waals surface area contributed by atoms with Gasteiger partial charge in [0.25, 0.3) is 5.91 Å². The van der Waals surface area contributed by atoms with Crippen LogP contribution in [0.2, 0.25) is 0 Å². The van der Waals surface area contributed by atoms with Gasteiger partial charge in [-0.15, -0.1) is 0 Å². The standard InChI is InChI=1S/C20H19NO5/c1-14(22)15-7-9-17(10-8-15)21-19(24)13-26-20(25)12-11-18(23)16-5-3-2-4-6-16/h2-10H,11-13H2,1H3,(H,21,24). The monoisotopic (exact) mass is 353 g/mol. The predicted molar refractivity (Wildman–Crippen MR) is 96.0 cm³/mol. The molecule has 0 saturated carbocycles. The molecule has 0 aliphatic rings. The van der Waals surface area contributed by atoms with Gasteiger partial charge in [0.1, 0.15) is 0 Å². The lowest BCUT2D eigenvalue weighted by atomic mass is 10.1. The Bertz CT molecular complexity index is 797. The van der Waals surface area contributed by atoms with Crippen LogP contribution in [0, 0.1) is 0 Å². The quantitative estimate of drug-likeness (QED) is 0.582. The highest BCUT2D eigenvalue weighted by atomic mass is 16.5. The lowest BCUT2D eigenvalue weighted by Crippen LogP contribution is -2.21. The maximum atomic E-state index is 11.9. The van der Waals surface area contributed by atoms with Gasteiger partial charge in [0.05, 0.1) is 6.42 Å². The lowest BCUT2D eigenvalue weighted by molar-refractivity contribution is -0.147. The first-order chi connectivity index (χ1) is 12.5. The highest BCUT2D eigenvalue weighted by Crippen LogP contribution is 2.10. The number of amides is 1. The fourth-order valence-electron chi connectivity index (χ4n) is 2.19. The van der Waals surface area contributed by atoms with Crippen molar-refractivity contribution >= 4 is 29.1 Å². The smallest absolute Gasteiger partial charge is 0.306 e. The molecule has 0 aliphatic heterocycles. The summed E-state index contributed by atoms with van der Waals surface area (Å²) in [7, 11) is 0. The summed E-state index contributed by atoms with van der Waals surface area (Å²) in [5, 5.41) is 2.56. The minimum atomic E-state index is -0.614. The maximum Gasteiger partial charge on any atom is 0.306 e. The van der Waals surface area contributed by atoms with Gasteiger partial charge in [0.2, 0.25) is 0 Å². The third-order valence-corrected chi connectivity index (χ3v) is 3.59. The molecule has 0 aromatic heterocycles. The Balaban J connectivity index is 1.72. The van der Waals surface area contributed by atoms with E-state index in [1.165, 1.54) is 6.92 Å². The van der Waals surface area contributed by atoms with Gasteiger partial charge in [-0.3, -0.25) is 19.2 Å². The van der Waals surface area contributed by atoms with Crippen LogP contribution in [0.25, 0.3) is 0 Å². The molecule has 0 fully saturated rings. The van der Waals surface area contributed by atoms with Crippen LogP contribution in [-0.4, -0.2) is 30.0 Å². The van der Waals surface area contributed by atoms with Crippen molar-refractivity contribution in [1.82, 2.24) is 0 Å². The first kappa shape index (κ1) is 19.1. The summed E-state index contributed by atoms with van der Waals surface area (Å²) in [6.07, 6.45) is -0.0642. The molecule has 2 aromatic carbocycles. The van der Waals surface area contributed by atoms with E-state index in [4.69, 9.17) is 4.74 Å². The number of ether oxygens (including phenoxy) is 1. The van der Waals surface area contributed by atoms with Gasteiger partial charge < -0.3 is 10.1 Å². The van der Waals surface area contributed by atoms with E-state index in [1.54, 1.807) is 54.6 Å². The van der Waals surface area contributed by atoms with Crippen LogP contribution < -0.4 is 5.32 Å². The highest BCUT2D eigenvalue weighted by molar-refractivity contribution is 5.98.